The molecule has 0 saturated carbocycles. The summed E-state index contributed by atoms with van der Waals surface area (Å²) in [6.45, 7) is 2.17. The Balaban J connectivity index is 0. The van der Waals surface area contributed by atoms with Crippen molar-refractivity contribution in [3.63, 3.8) is 0 Å². The molecule has 0 aliphatic rings. The number of halogens is 2. The number of rotatable bonds is 5. The topological polar surface area (TPSA) is 0 Å². The summed E-state index contributed by atoms with van der Waals surface area (Å²) in [7, 11) is 2.62. The van der Waals surface area contributed by atoms with E-state index in [9.17, 15) is 0 Å². The first-order chi connectivity index (χ1) is 5.33. The third-order valence-corrected chi connectivity index (χ3v) is 2.02. The smallest absolute Gasteiger partial charge is 0.0226 e. The molecular formula is C8H19Cl2P. The lowest BCUT2D eigenvalue weighted by molar-refractivity contribution is 0.776. The van der Waals surface area contributed by atoms with Gasteiger partial charge in [-0.3, -0.25) is 0 Å². The fraction of sp³-hybridized carbons (Fsp3) is 1.00. The quantitative estimate of drug-likeness (QED) is 0.372. The molecule has 0 aromatic carbocycles. The Morgan fingerprint density at radius 1 is 1.00 bits per heavy atom. The van der Waals surface area contributed by atoms with Crippen LogP contribution in [0.25, 0.3) is 0 Å². The van der Waals surface area contributed by atoms with Crippen LogP contribution in [0.15, 0.2) is 0 Å². The summed E-state index contributed by atoms with van der Waals surface area (Å²) in [6, 6.07) is 0. The van der Waals surface area contributed by atoms with Crippen molar-refractivity contribution in [3.8, 4) is 0 Å². The maximum absolute atomic E-state index is 5.38. The van der Waals surface area contributed by atoms with E-state index in [2.05, 4.69) is 16.2 Å². The van der Waals surface area contributed by atoms with E-state index < -0.39 is 0 Å². The number of hydrogen-bond donors (Lipinski definition) is 0. The van der Waals surface area contributed by atoms with E-state index in [-0.39, 0.29) is 0 Å². The molecule has 1 unspecified atom stereocenters. The highest BCUT2D eigenvalue weighted by Gasteiger charge is 1.76. The van der Waals surface area contributed by atoms with Crippen molar-refractivity contribution < 1.29 is 0 Å². The number of unbranched alkanes of at least 4 members (excludes halogenated alkanes) is 2. The Morgan fingerprint density at radius 3 is 1.64 bits per heavy atom. The Morgan fingerprint density at radius 2 is 1.55 bits per heavy atom. The van der Waals surface area contributed by atoms with Gasteiger partial charge in [0.1, 0.15) is 0 Å². The molecule has 0 aliphatic heterocycles. The Bertz CT molecular complexity index is 45.4. The van der Waals surface area contributed by atoms with Crippen molar-refractivity contribution >= 4 is 32.4 Å². The van der Waals surface area contributed by atoms with E-state index in [1.807, 2.05) is 0 Å². The molecule has 0 bridgehead atoms. The minimum absolute atomic E-state index is 0.795. The number of hydrogen-bond acceptors (Lipinski definition) is 0. The maximum atomic E-state index is 5.38. The highest BCUT2D eigenvalue weighted by molar-refractivity contribution is 7.16. The zero-order valence-corrected chi connectivity index (χ0v) is 9.95. The first-order valence-electron chi connectivity index (χ1n) is 4.15. The minimum atomic E-state index is 0.795. The fourth-order valence-electron chi connectivity index (χ4n) is 0.422. The van der Waals surface area contributed by atoms with Crippen molar-refractivity contribution in [3.05, 3.63) is 0 Å². The van der Waals surface area contributed by atoms with Gasteiger partial charge in [-0.2, -0.15) is 0 Å². The summed E-state index contributed by atoms with van der Waals surface area (Å²) in [5.74, 6) is 1.62. The van der Waals surface area contributed by atoms with Crippen LogP contribution in [-0.4, -0.2) is 17.9 Å². The second kappa shape index (κ2) is 17.2. The monoisotopic (exact) mass is 216 g/mol. The molecule has 0 amide bonds. The summed E-state index contributed by atoms with van der Waals surface area (Å²) in [5, 5.41) is 0. The van der Waals surface area contributed by atoms with Crippen LogP contribution >= 0.6 is 32.4 Å². The molecule has 0 aliphatic carbocycles. The van der Waals surface area contributed by atoms with E-state index in [1.54, 1.807) is 0 Å². The van der Waals surface area contributed by atoms with E-state index in [1.165, 1.54) is 19.3 Å². The van der Waals surface area contributed by atoms with Gasteiger partial charge in [-0.15, -0.1) is 32.4 Å². The Labute approximate surface area is 83.2 Å². The molecular weight excluding hydrogens is 198 g/mol. The zero-order chi connectivity index (χ0) is 8.95. The van der Waals surface area contributed by atoms with Crippen molar-refractivity contribution in [1.82, 2.24) is 0 Å². The molecule has 0 N–H and O–H groups in total. The van der Waals surface area contributed by atoms with Gasteiger partial charge in [0.2, 0.25) is 0 Å². The van der Waals surface area contributed by atoms with Crippen LogP contribution < -0.4 is 0 Å². The second-order valence-corrected chi connectivity index (χ2v) is 3.56. The Hall–Kier alpha value is 1.01. The first kappa shape index (κ1) is 14.5. The summed E-state index contributed by atoms with van der Waals surface area (Å²) in [6.07, 6.45) is 5.98. The van der Waals surface area contributed by atoms with Crippen molar-refractivity contribution in [2.45, 2.75) is 32.6 Å². The molecule has 11 heavy (non-hydrogen) atoms. The third kappa shape index (κ3) is 24.7. The van der Waals surface area contributed by atoms with Crippen LogP contribution in [0.5, 0.6) is 0 Å². The molecule has 0 rings (SSSR count). The summed E-state index contributed by atoms with van der Waals surface area (Å²) < 4.78 is 0. The highest BCUT2D eigenvalue weighted by atomic mass is 35.5. The van der Waals surface area contributed by atoms with Gasteiger partial charge in [0.15, 0.2) is 0 Å². The average molecular weight is 217 g/mol. The maximum Gasteiger partial charge on any atom is 0.0226 e. The lowest BCUT2D eigenvalue weighted by Crippen LogP contribution is -1.70. The van der Waals surface area contributed by atoms with E-state index >= 15 is 0 Å². The van der Waals surface area contributed by atoms with Gasteiger partial charge >= 0.3 is 0 Å². The van der Waals surface area contributed by atoms with Gasteiger partial charge in [0.05, 0.1) is 0 Å². The van der Waals surface area contributed by atoms with Crippen LogP contribution in [0.4, 0.5) is 0 Å². The van der Waals surface area contributed by atoms with Crippen molar-refractivity contribution in [2.24, 2.45) is 0 Å². The second-order valence-electron chi connectivity index (χ2n) is 2.23. The molecule has 0 nitrogen and oxygen atoms in total. The van der Waals surface area contributed by atoms with Gasteiger partial charge in [-0.1, -0.05) is 19.8 Å². The summed E-state index contributed by atoms with van der Waals surface area (Å²) >= 11 is 10.7. The predicted molar refractivity (Wildman–Crippen MR) is 60.2 cm³/mol. The van der Waals surface area contributed by atoms with E-state index in [4.69, 9.17) is 23.2 Å². The summed E-state index contributed by atoms with van der Waals surface area (Å²) in [5.41, 5.74) is 0. The van der Waals surface area contributed by atoms with Gasteiger partial charge in [0, 0.05) is 11.8 Å². The average Bonchev–Trinajstić information content (AvgIpc) is 2.04. The lowest BCUT2D eigenvalue weighted by Gasteiger charge is -1.84. The molecule has 0 heterocycles. The Kier molecular flexibility index (Phi) is 22.7. The zero-order valence-electron chi connectivity index (χ0n) is 7.28. The molecule has 3 heteroatoms. The predicted octanol–water partition coefficient (Wildman–Crippen LogP) is 3.91. The van der Waals surface area contributed by atoms with Crippen LogP contribution in [0, 0.1) is 0 Å². The van der Waals surface area contributed by atoms with Crippen molar-refractivity contribution in [2.75, 3.05) is 17.9 Å². The summed E-state index contributed by atoms with van der Waals surface area (Å²) in [4.78, 5) is 0. The van der Waals surface area contributed by atoms with E-state index in [0.717, 1.165) is 24.3 Å². The molecule has 1 atom stereocenters. The van der Waals surface area contributed by atoms with Crippen LogP contribution in [0.3, 0.4) is 0 Å². The van der Waals surface area contributed by atoms with E-state index in [0.29, 0.717) is 0 Å². The largest absolute Gasteiger partial charge is 0.138 e. The lowest BCUT2D eigenvalue weighted by atomic mass is 10.3. The normalized spacial score (nSPS) is 8.73. The first-order valence-corrected chi connectivity index (χ1v) is 6.04. The van der Waals surface area contributed by atoms with Gasteiger partial charge in [0.25, 0.3) is 0 Å². The SMILES string of the molecule is CCCCCCl.PCCCCl. The van der Waals surface area contributed by atoms with Gasteiger partial charge < -0.3 is 0 Å². The third-order valence-electron chi connectivity index (χ3n) is 1.07. The molecule has 0 spiro atoms. The van der Waals surface area contributed by atoms with Gasteiger partial charge in [-0.05, 0) is 19.0 Å². The van der Waals surface area contributed by atoms with Crippen LogP contribution in [0.2, 0.25) is 0 Å². The standard InChI is InChI=1S/C5H11Cl.C3H8ClP/c1-2-3-4-5-6;4-2-1-3-5/h2-5H2,1H3;1-3,5H2. The molecule has 0 saturated heterocycles. The highest BCUT2D eigenvalue weighted by Crippen LogP contribution is 1.93. The molecule has 0 radical (unpaired) electrons. The van der Waals surface area contributed by atoms with Crippen molar-refractivity contribution in [1.29, 1.82) is 0 Å². The molecule has 0 fully saturated rings. The molecule has 0 aromatic rings. The van der Waals surface area contributed by atoms with Gasteiger partial charge in [-0.25, -0.2) is 0 Å². The fourth-order valence-corrected chi connectivity index (χ4v) is 1.23. The molecule has 0 aromatic heterocycles. The molecule has 70 valence electrons. The number of alkyl halides is 2. The van der Waals surface area contributed by atoms with Crippen LogP contribution in [-0.2, 0) is 0 Å². The minimum Gasteiger partial charge on any atom is -0.138 e. The van der Waals surface area contributed by atoms with Crippen LogP contribution in [0.1, 0.15) is 32.6 Å².